The summed E-state index contributed by atoms with van der Waals surface area (Å²) in [6, 6.07) is 3.17. The Balaban J connectivity index is 3.10. The van der Waals surface area contributed by atoms with Crippen LogP contribution in [0.2, 0.25) is 0 Å². The summed E-state index contributed by atoms with van der Waals surface area (Å²) in [5.74, 6) is -4.74. The molecule has 0 amide bonds. The van der Waals surface area contributed by atoms with E-state index in [4.69, 9.17) is 9.84 Å². The SMILES string of the molecule is C[C@@H](F)COc1ccc(C(=O)O)c(C(C)(F)F)c1. The molecule has 0 aliphatic rings. The molecular weight excluding hydrogens is 249 g/mol. The molecule has 0 fully saturated rings. The van der Waals surface area contributed by atoms with E-state index < -0.39 is 29.2 Å². The second kappa shape index (κ2) is 5.29. The van der Waals surface area contributed by atoms with E-state index in [-0.39, 0.29) is 12.4 Å². The average molecular weight is 262 g/mol. The molecular formula is C12H13F3O3. The van der Waals surface area contributed by atoms with Crippen LogP contribution in [-0.4, -0.2) is 23.9 Å². The molecule has 0 aromatic heterocycles. The number of carboxylic acid groups (broad SMARTS) is 1. The Morgan fingerprint density at radius 1 is 1.50 bits per heavy atom. The first-order chi connectivity index (χ1) is 8.21. The van der Waals surface area contributed by atoms with Crippen LogP contribution >= 0.6 is 0 Å². The summed E-state index contributed by atoms with van der Waals surface area (Å²) in [6.07, 6.45) is -1.24. The summed E-state index contributed by atoms with van der Waals surface area (Å²) in [7, 11) is 0. The zero-order valence-electron chi connectivity index (χ0n) is 9.91. The minimum Gasteiger partial charge on any atom is -0.491 e. The summed E-state index contributed by atoms with van der Waals surface area (Å²) >= 11 is 0. The Labute approximate surface area is 102 Å². The van der Waals surface area contributed by atoms with Crippen LogP contribution in [0, 0.1) is 0 Å². The van der Waals surface area contributed by atoms with Gasteiger partial charge in [-0.3, -0.25) is 0 Å². The van der Waals surface area contributed by atoms with Gasteiger partial charge in [0, 0.05) is 12.5 Å². The van der Waals surface area contributed by atoms with Gasteiger partial charge < -0.3 is 9.84 Å². The maximum atomic E-state index is 13.3. The number of alkyl halides is 3. The largest absolute Gasteiger partial charge is 0.491 e. The number of hydrogen-bond donors (Lipinski definition) is 1. The van der Waals surface area contributed by atoms with Gasteiger partial charge in [0.2, 0.25) is 0 Å². The maximum absolute atomic E-state index is 13.3. The molecule has 3 nitrogen and oxygen atoms in total. The van der Waals surface area contributed by atoms with Gasteiger partial charge in [-0.25, -0.2) is 18.0 Å². The number of rotatable bonds is 5. The van der Waals surface area contributed by atoms with E-state index in [1.54, 1.807) is 0 Å². The standard InChI is InChI=1S/C12H13F3O3/c1-7(13)6-18-8-3-4-9(11(16)17)10(5-8)12(2,14)15/h3-5,7H,6H2,1-2H3,(H,16,17)/t7-/m1/s1. The molecule has 1 atom stereocenters. The molecule has 6 heteroatoms. The van der Waals surface area contributed by atoms with Crippen molar-refractivity contribution in [2.75, 3.05) is 6.61 Å². The number of ether oxygens (including phenoxy) is 1. The van der Waals surface area contributed by atoms with Gasteiger partial charge in [0.1, 0.15) is 18.5 Å². The average Bonchev–Trinajstić information content (AvgIpc) is 2.24. The van der Waals surface area contributed by atoms with E-state index in [2.05, 4.69) is 0 Å². The molecule has 0 spiro atoms. The quantitative estimate of drug-likeness (QED) is 0.886. The fraction of sp³-hybridized carbons (Fsp3) is 0.417. The van der Waals surface area contributed by atoms with Crippen LogP contribution in [0.15, 0.2) is 18.2 Å². The highest BCUT2D eigenvalue weighted by Crippen LogP contribution is 2.32. The summed E-state index contributed by atoms with van der Waals surface area (Å²) in [4.78, 5) is 10.8. The van der Waals surface area contributed by atoms with Gasteiger partial charge >= 0.3 is 5.97 Å². The van der Waals surface area contributed by atoms with E-state index in [0.717, 1.165) is 12.1 Å². The minimum absolute atomic E-state index is 0.0148. The van der Waals surface area contributed by atoms with Gasteiger partial charge in [-0.15, -0.1) is 0 Å². The zero-order valence-corrected chi connectivity index (χ0v) is 9.91. The number of hydrogen-bond acceptors (Lipinski definition) is 2. The smallest absolute Gasteiger partial charge is 0.336 e. The van der Waals surface area contributed by atoms with Gasteiger partial charge in [0.05, 0.1) is 5.56 Å². The van der Waals surface area contributed by atoms with E-state index in [0.29, 0.717) is 6.92 Å². The highest BCUT2D eigenvalue weighted by atomic mass is 19.3. The molecule has 0 saturated carbocycles. The molecule has 0 radical (unpaired) electrons. The Morgan fingerprint density at radius 2 is 2.11 bits per heavy atom. The summed E-state index contributed by atoms with van der Waals surface area (Å²) < 4.78 is 44.0. The number of benzene rings is 1. The molecule has 0 saturated heterocycles. The molecule has 1 N–H and O–H groups in total. The Morgan fingerprint density at radius 3 is 2.56 bits per heavy atom. The van der Waals surface area contributed by atoms with Crippen molar-refractivity contribution in [2.45, 2.75) is 25.9 Å². The molecule has 0 unspecified atom stereocenters. The van der Waals surface area contributed by atoms with Crippen molar-refractivity contribution in [3.05, 3.63) is 29.3 Å². The molecule has 0 aliphatic carbocycles. The van der Waals surface area contributed by atoms with Crippen LogP contribution < -0.4 is 4.74 Å². The number of halogens is 3. The molecule has 0 heterocycles. The number of aromatic carboxylic acids is 1. The van der Waals surface area contributed by atoms with E-state index in [1.807, 2.05) is 0 Å². The Bertz CT molecular complexity index is 439. The van der Waals surface area contributed by atoms with Crippen molar-refractivity contribution >= 4 is 5.97 Å². The first kappa shape index (κ1) is 14.3. The van der Waals surface area contributed by atoms with Crippen molar-refractivity contribution < 1.29 is 27.8 Å². The van der Waals surface area contributed by atoms with Gasteiger partial charge in [-0.1, -0.05) is 0 Å². The summed E-state index contributed by atoms with van der Waals surface area (Å²) in [5.41, 5.74) is -1.15. The van der Waals surface area contributed by atoms with Gasteiger partial charge in [0.25, 0.3) is 5.92 Å². The molecule has 18 heavy (non-hydrogen) atoms. The molecule has 0 aliphatic heterocycles. The second-order valence-corrected chi connectivity index (χ2v) is 3.99. The van der Waals surface area contributed by atoms with Crippen molar-refractivity contribution in [1.29, 1.82) is 0 Å². The molecule has 0 bridgehead atoms. The van der Waals surface area contributed by atoms with Crippen LogP contribution in [0.3, 0.4) is 0 Å². The minimum atomic E-state index is -3.31. The molecule has 1 aromatic rings. The van der Waals surface area contributed by atoms with Crippen molar-refractivity contribution in [3.63, 3.8) is 0 Å². The third-order valence-corrected chi connectivity index (χ3v) is 2.17. The van der Waals surface area contributed by atoms with Crippen LogP contribution in [-0.2, 0) is 5.92 Å². The third-order valence-electron chi connectivity index (χ3n) is 2.17. The first-order valence-electron chi connectivity index (χ1n) is 5.24. The Hall–Kier alpha value is -1.72. The summed E-state index contributed by atoms with van der Waals surface area (Å²) in [5, 5.41) is 8.80. The first-order valence-corrected chi connectivity index (χ1v) is 5.24. The van der Waals surface area contributed by atoms with E-state index in [9.17, 15) is 18.0 Å². The highest BCUT2D eigenvalue weighted by Gasteiger charge is 2.30. The van der Waals surface area contributed by atoms with Gasteiger partial charge in [0.15, 0.2) is 0 Å². The zero-order chi connectivity index (χ0) is 13.9. The number of carboxylic acids is 1. The fourth-order valence-corrected chi connectivity index (χ4v) is 1.37. The lowest BCUT2D eigenvalue weighted by Crippen LogP contribution is -2.15. The van der Waals surface area contributed by atoms with Crippen LogP contribution in [0.25, 0.3) is 0 Å². The van der Waals surface area contributed by atoms with Crippen molar-refractivity contribution in [3.8, 4) is 5.75 Å². The predicted octanol–water partition coefficient (Wildman–Crippen LogP) is 3.23. The lowest BCUT2D eigenvalue weighted by Gasteiger charge is -2.15. The summed E-state index contributed by atoms with van der Waals surface area (Å²) in [6.45, 7) is 1.58. The van der Waals surface area contributed by atoms with Crippen molar-refractivity contribution in [2.24, 2.45) is 0 Å². The molecule has 1 rings (SSSR count). The van der Waals surface area contributed by atoms with E-state index >= 15 is 0 Å². The lowest BCUT2D eigenvalue weighted by molar-refractivity contribution is 0.0150. The van der Waals surface area contributed by atoms with Crippen LogP contribution in [0.4, 0.5) is 13.2 Å². The van der Waals surface area contributed by atoms with Crippen molar-refractivity contribution in [1.82, 2.24) is 0 Å². The van der Waals surface area contributed by atoms with Crippen LogP contribution in [0.5, 0.6) is 5.75 Å². The highest BCUT2D eigenvalue weighted by molar-refractivity contribution is 5.90. The fourth-order valence-electron chi connectivity index (χ4n) is 1.37. The van der Waals surface area contributed by atoms with Crippen LogP contribution in [0.1, 0.15) is 29.8 Å². The van der Waals surface area contributed by atoms with Gasteiger partial charge in [-0.2, -0.15) is 0 Å². The third kappa shape index (κ3) is 3.65. The number of carbonyl (C=O) groups is 1. The normalized spacial score (nSPS) is 13.2. The predicted molar refractivity (Wildman–Crippen MR) is 59.0 cm³/mol. The van der Waals surface area contributed by atoms with Gasteiger partial charge in [-0.05, 0) is 25.1 Å². The maximum Gasteiger partial charge on any atom is 0.336 e. The van der Waals surface area contributed by atoms with E-state index in [1.165, 1.54) is 13.0 Å². The Kier molecular flexibility index (Phi) is 4.21. The molecule has 1 aromatic carbocycles. The lowest BCUT2D eigenvalue weighted by atomic mass is 10.0. The second-order valence-electron chi connectivity index (χ2n) is 3.99. The monoisotopic (exact) mass is 262 g/mol. The topological polar surface area (TPSA) is 46.5 Å². The molecule has 100 valence electrons.